The summed E-state index contributed by atoms with van der Waals surface area (Å²) in [5, 5.41) is 8.64. The maximum atomic E-state index is 13.5. The second-order valence-corrected chi connectivity index (χ2v) is 3.80. The number of ether oxygens (including phenoxy) is 1. The SMILES string of the molecule is COC(=O)C(=CN(C)C)c1ccc(C#N)c(F)c1. The fraction of sp³-hybridized carbons (Fsp3) is 0.231. The van der Waals surface area contributed by atoms with E-state index in [0.717, 1.165) is 6.07 Å². The Labute approximate surface area is 105 Å². The lowest BCUT2D eigenvalue weighted by atomic mass is 10.0. The van der Waals surface area contributed by atoms with E-state index in [1.54, 1.807) is 25.1 Å². The van der Waals surface area contributed by atoms with Gasteiger partial charge in [-0.15, -0.1) is 0 Å². The zero-order valence-corrected chi connectivity index (χ0v) is 10.4. The van der Waals surface area contributed by atoms with Gasteiger partial charge < -0.3 is 9.64 Å². The van der Waals surface area contributed by atoms with Crippen LogP contribution in [0.4, 0.5) is 4.39 Å². The topological polar surface area (TPSA) is 53.3 Å². The van der Waals surface area contributed by atoms with Crippen LogP contribution in [0.25, 0.3) is 5.57 Å². The zero-order valence-electron chi connectivity index (χ0n) is 10.4. The second-order valence-electron chi connectivity index (χ2n) is 3.80. The molecule has 0 atom stereocenters. The Hall–Kier alpha value is -2.35. The van der Waals surface area contributed by atoms with Crippen LogP contribution >= 0.6 is 0 Å². The van der Waals surface area contributed by atoms with Crippen LogP contribution in [-0.2, 0) is 9.53 Å². The lowest BCUT2D eigenvalue weighted by Crippen LogP contribution is -2.10. The van der Waals surface area contributed by atoms with E-state index in [0.29, 0.717) is 5.56 Å². The van der Waals surface area contributed by atoms with Gasteiger partial charge in [0.25, 0.3) is 0 Å². The predicted octanol–water partition coefficient (Wildman–Crippen LogP) is 1.77. The standard InChI is InChI=1S/C13H13FN2O2/c1-16(2)8-11(13(17)18-3)9-4-5-10(7-15)12(14)6-9/h4-6,8H,1-3H3. The van der Waals surface area contributed by atoms with Crippen molar-refractivity contribution in [2.24, 2.45) is 0 Å². The molecule has 0 heterocycles. The summed E-state index contributed by atoms with van der Waals surface area (Å²) in [6, 6.07) is 5.71. The Balaban J connectivity index is 3.27. The van der Waals surface area contributed by atoms with Gasteiger partial charge in [0.1, 0.15) is 11.9 Å². The van der Waals surface area contributed by atoms with Gasteiger partial charge in [-0.1, -0.05) is 6.07 Å². The van der Waals surface area contributed by atoms with E-state index in [1.807, 2.05) is 0 Å². The maximum absolute atomic E-state index is 13.5. The highest BCUT2D eigenvalue weighted by atomic mass is 19.1. The summed E-state index contributed by atoms with van der Waals surface area (Å²) in [4.78, 5) is 13.3. The fourth-order valence-electron chi connectivity index (χ4n) is 1.39. The Bertz CT molecular complexity index is 530. The molecule has 0 aliphatic rings. The van der Waals surface area contributed by atoms with Gasteiger partial charge in [-0.3, -0.25) is 0 Å². The molecule has 0 N–H and O–H groups in total. The summed E-state index contributed by atoms with van der Waals surface area (Å²) in [6.45, 7) is 0. The number of halogens is 1. The summed E-state index contributed by atoms with van der Waals surface area (Å²) in [5.74, 6) is -1.23. The first-order valence-electron chi connectivity index (χ1n) is 5.16. The third-order valence-corrected chi connectivity index (χ3v) is 2.19. The lowest BCUT2D eigenvalue weighted by molar-refractivity contribution is -0.133. The monoisotopic (exact) mass is 248 g/mol. The van der Waals surface area contributed by atoms with Crippen LogP contribution in [0.5, 0.6) is 0 Å². The lowest BCUT2D eigenvalue weighted by Gasteiger charge is -2.11. The van der Waals surface area contributed by atoms with Crippen molar-refractivity contribution in [3.05, 3.63) is 41.3 Å². The Morgan fingerprint density at radius 1 is 1.50 bits per heavy atom. The number of carbonyl (C=O) groups excluding carboxylic acids is 1. The van der Waals surface area contributed by atoms with Crippen molar-refractivity contribution in [3.8, 4) is 6.07 Å². The van der Waals surface area contributed by atoms with Gasteiger partial charge in [-0.25, -0.2) is 9.18 Å². The van der Waals surface area contributed by atoms with Crippen LogP contribution < -0.4 is 0 Å². The van der Waals surface area contributed by atoms with E-state index in [2.05, 4.69) is 4.74 Å². The molecule has 94 valence electrons. The van der Waals surface area contributed by atoms with E-state index < -0.39 is 11.8 Å². The molecule has 0 bridgehead atoms. The average Bonchev–Trinajstić information content (AvgIpc) is 2.34. The third-order valence-electron chi connectivity index (χ3n) is 2.19. The summed E-state index contributed by atoms with van der Waals surface area (Å²) in [5.41, 5.74) is 0.533. The summed E-state index contributed by atoms with van der Waals surface area (Å²) in [7, 11) is 4.73. The van der Waals surface area contributed by atoms with Crippen molar-refractivity contribution >= 4 is 11.5 Å². The zero-order chi connectivity index (χ0) is 13.7. The van der Waals surface area contributed by atoms with E-state index in [-0.39, 0.29) is 11.1 Å². The molecule has 0 spiro atoms. The molecule has 0 unspecified atom stereocenters. The minimum Gasteiger partial charge on any atom is -0.465 e. The molecule has 0 aliphatic heterocycles. The molecule has 0 amide bonds. The van der Waals surface area contributed by atoms with Gasteiger partial charge in [0, 0.05) is 20.3 Å². The molecule has 0 fully saturated rings. The van der Waals surface area contributed by atoms with Crippen molar-refractivity contribution in [1.82, 2.24) is 4.90 Å². The molecule has 18 heavy (non-hydrogen) atoms. The van der Waals surface area contributed by atoms with E-state index >= 15 is 0 Å². The maximum Gasteiger partial charge on any atom is 0.339 e. The summed E-state index contributed by atoms with van der Waals surface area (Å²) >= 11 is 0. The fourth-order valence-corrected chi connectivity index (χ4v) is 1.39. The number of nitriles is 1. The first-order valence-corrected chi connectivity index (χ1v) is 5.16. The number of hydrogen-bond acceptors (Lipinski definition) is 4. The van der Waals surface area contributed by atoms with Crippen molar-refractivity contribution in [2.75, 3.05) is 21.2 Å². The molecule has 0 saturated heterocycles. The largest absolute Gasteiger partial charge is 0.465 e. The van der Waals surface area contributed by atoms with Gasteiger partial charge in [0.2, 0.25) is 0 Å². The van der Waals surface area contributed by atoms with Crippen LogP contribution in [0.1, 0.15) is 11.1 Å². The third kappa shape index (κ3) is 3.08. The smallest absolute Gasteiger partial charge is 0.339 e. The molecule has 4 nitrogen and oxygen atoms in total. The molecule has 5 heteroatoms. The highest BCUT2D eigenvalue weighted by Crippen LogP contribution is 2.19. The molecule has 0 saturated carbocycles. The highest BCUT2D eigenvalue weighted by Gasteiger charge is 2.14. The van der Waals surface area contributed by atoms with Crippen LogP contribution in [0.15, 0.2) is 24.4 Å². The number of benzene rings is 1. The second kappa shape index (κ2) is 5.82. The Kier molecular flexibility index (Phi) is 4.44. The van der Waals surface area contributed by atoms with E-state index in [4.69, 9.17) is 5.26 Å². The van der Waals surface area contributed by atoms with Crippen LogP contribution in [0.2, 0.25) is 0 Å². The molecule has 0 aliphatic carbocycles. The number of methoxy groups -OCH3 is 1. The van der Waals surface area contributed by atoms with Gasteiger partial charge in [-0.05, 0) is 17.7 Å². The number of hydrogen-bond donors (Lipinski definition) is 0. The van der Waals surface area contributed by atoms with E-state index in [1.165, 1.54) is 25.4 Å². The molecular formula is C13H13FN2O2. The first kappa shape index (κ1) is 13.7. The van der Waals surface area contributed by atoms with Crippen LogP contribution in [0, 0.1) is 17.1 Å². The molecular weight excluding hydrogens is 235 g/mol. The summed E-state index contributed by atoms with van der Waals surface area (Å²) in [6.07, 6.45) is 1.53. The molecule has 1 rings (SSSR count). The van der Waals surface area contributed by atoms with E-state index in [9.17, 15) is 9.18 Å². The minimum atomic E-state index is -0.663. The molecule has 1 aromatic carbocycles. The van der Waals surface area contributed by atoms with Crippen molar-refractivity contribution in [3.63, 3.8) is 0 Å². The first-order chi connectivity index (χ1) is 8.49. The highest BCUT2D eigenvalue weighted by molar-refractivity contribution is 6.16. The van der Waals surface area contributed by atoms with Gasteiger partial charge in [0.15, 0.2) is 0 Å². The Morgan fingerprint density at radius 2 is 2.17 bits per heavy atom. The molecule has 0 aromatic heterocycles. The van der Waals surface area contributed by atoms with Crippen molar-refractivity contribution in [1.29, 1.82) is 5.26 Å². The van der Waals surface area contributed by atoms with Crippen LogP contribution in [-0.4, -0.2) is 32.1 Å². The van der Waals surface area contributed by atoms with Crippen molar-refractivity contribution in [2.45, 2.75) is 0 Å². The minimum absolute atomic E-state index is 0.0622. The Morgan fingerprint density at radius 3 is 2.61 bits per heavy atom. The van der Waals surface area contributed by atoms with Crippen LogP contribution in [0.3, 0.4) is 0 Å². The van der Waals surface area contributed by atoms with Gasteiger partial charge in [-0.2, -0.15) is 5.26 Å². The molecule has 1 aromatic rings. The number of carbonyl (C=O) groups is 1. The predicted molar refractivity (Wildman–Crippen MR) is 64.8 cm³/mol. The van der Waals surface area contributed by atoms with Crippen molar-refractivity contribution < 1.29 is 13.9 Å². The molecule has 0 radical (unpaired) electrons. The average molecular weight is 248 g/mol. The number of esters is 1. The number of rotatable bonds is 3. The normalized spacial score (nSPS) is 10.7. The number of nitrogens with zero attached hydrogens (tertiary/aromatic N) is 2. The van der Waals surface area contributed by atoms with Gasteiger partial charge >= 0.3 is 5.97 Å². The summed E-state index contributed by atoms with van der Waals surface area (Å²) < 4.78 is 18.1. The van der Waals surface area contributed by atoms with Gasteiger partial charge in [0.05, 0.1) is 18.2 Å². The quantitative estimate of drug-likeness (QED) is 0.604.